The predicted molar refractivity (Wildman–Crippen MR) is 116 cm³/mol. The van der Waals surface area contributed by atoms with Crippen LogP contribution in [0.15, 0.2) is 65.1 Å². The van der Waals surface area contributed by atoms with E-state index in [-0.39, 0.29) is 11.7 Å². The van der Waals surface area contributed by atoms with Gasteiger partial charge in [0.1, 0.15) is 17.3 Å². The molecule has 0 spiro atoms. The molecule has 3 aromatic rings. The predicted octanol–water partition coefficient (Wildman–Crippen LogP) is 4.87. The van der Waals surface area contributed by atoms with Gasteiger partial charge in [0.25, 0.3) is 5.91 Å². The zero-order chi connectivity index (χ0) is 21.6. The van der Waals surface area contributed by atoms with Crippen LogP contribution in [0.2, 0.25) is 0 Å². The van der Waals surface area contributed by atoms with Crippen molar-refractivity contribution in [1.29, 1.82) is 0 Å². The minimum atomic E-state index is -0.254. The molecule has 2 aromatic carbocycles. The Kier molecular flexibility index (Phi) is 6.67. The van der Waals surface area contributed by atoms with Crippen molar-refractivity contribution in [2.24, 2.45) is 0 Å². The second kappa shape index (κ2) is 9.79. The van der Waals surface area contributed by atoms with E-state index in [0.29, 0.717) is 31.2 Å². The molecule has 1 aliphatic heterocycles. The first-order valence-electron chi connectivity index (χ1n) is 10.6. The van der Waals surface area contributed by atoms with Crippen LogP contribution >= 0.6 is 0 Å². The standard InChI is InChI=1S/C25H27FN2O3/c1-30-22-9-5-7-20(15-22)17-27(16-19-6-4-8-21(26)14-19)18-23-10-11-24(31-23)25(29)28-12-2-3-13-28/h4-11,14-15H,2-3,12-13,16-18H2,1H3. The van der Waals surface area contributed by atoms with Crippen molar-refractivity contribution < 1.29 is 18.3 Å². The van der Waals surface area contributed by atoms with Crippen molar-refractivity contribution in [3.63, 3.8) is 0 Å². The maximum Gasteiger partial charge on any atom is 0.289 e. The molecule has 1 saturated heterocycles. The number of hydrogen-bond donors (Lipinski definition) is 0. The maximum atomic E-state index is 13.7. The molecule has 31 heavy (non-hydrogen) atoms. The first-order chi connectivity index (χ1) is 15.1. The number of nitrogens with zero attached hydrogens (tertiary/aromatic N) is 2. The van der Waals surface area contributed by atoms with E-state index in [4.69, 9.17) is 9.15 Å². The molecule has 0 saturated carbocycles. The lowest BCUT2D eigenvalue weighted by molar-refractivity contribution is 0.0756. The van der Waals surface area contributed by atoms with Gasteiger partial charge in [-0.25, -0.2) is 4.39 Å². The molecule has 1 aliphatic rings. The first-order valence-corrected chi connectivity index (χ1v) is 10.6. The molecular weight excluding hydrogens is 395 g/mol. The van der Waals surface area contributed by atoms with Crippen LogP contribution in [0.1, 0.15) is 40.3 Å². The van der Waals surface area contributed by atoms with Gasteiger partial charge in [0.05, 0.1) is 13.7 Å². The number of likely N-dealkylation sites (tertiary alicyclic amines) is 1. The molecule has 0 N–H and O–H groups in total. The number of ether oxygens (including phenoxy) is 1. The summed E-state index contributed by atoms with van der Waals surface area (Å²) >= 11 is 0. The van der Waals surface area contributed by atoms with Gasteiger partial charge < -0.3 is 14.1 Å². The molecule has 0 unspecified atom stereocenters. The number of amides is 1. The third-order valence-electron chi connectivity index (χ3n) is 5.48. The third kappa shape index (κ3) is 5.52. The lowest BCUT2D eigenvalue weighted by Gasteiger charge is -2.22. The monoisotopic (exact) mass is 422 g/mol. The number of halogens is 1. The number of carbonyl (C=O) groups excluding carboxylic acids is 1. The summed E-state index contributed by atoms with van der Waals surface area (Å²) in [6.45, 7) is 3.25. The van der Waals surface area contributed by atoms with Crippen molar-refractivity contribution in [2.45, 2.75) is 32.5 Å². The molecular formula is C25H27FN2O3. The van der Waals surface area contributed by atoms with E-state index >= 15 is 0 Å². The number of benzene rings is 2. The van der Waals surface area contributed by atoms with Gasteiger partial charge in [0.2, 0.25) is 0 Å². The summed E-state index contributed by atoms with van der Waals surface area (Å²) in [6, 6.07) is 18.1. The Hall–Kier alpha value is -3.12. The van der Waals surface area contributed by atoms with Gasteiger partial charge in [0, 0.05) is 26.2 Å². The number of methoxy groups -OCH3 is 1. The number of hydrogen-bond acceptors (Lipinski definition) is 4. The van der Waals surface area contributed by atoms with Crippen molar-refractivity contribution in [1.82, 2.24) is 9.80 Å². The molecule has 2 heterocycles. The molecule has 6 heteroatoms. The van der Waals surface area contributed by atoms with E-state index in [2.05, 4.69) is 4.90 Å². The summed E-state index contributed by atoms with van der Waals surface area (Å²) < 4.78 is 25.0. The average molecular weight is 423 g/mol. The topological polar surface area (TPSA) is 45.9 Å². The van der Waals surface area contributed by atoms with Crippen molar-refractivity contribution >= 4 is 5.91 Å². The minimum absolute atomic E-state index is 0.0479. The van der Waals surface area contributed by atoms with Crippen LogP contribution in [0.3, 0.4) is 0 Å². The summed E-state index contributed by atoms with van der Waals surface area (Å²) in [5.41, 5.74) is 1.96. The fraction of sp³-hybridized carbons (Fsp3) is 0.320. The van der Waals surface area contributed by atoms with Crippen LogP contribution in [-0.4, -0.2) is 35.9 Å². The van der Waals surface area contributed by atoms with Crippen molar-refractivity contribution in [3.8, 4) is 5.75 Å². The largest absolute Gasteiger partial charge is 0.497 e. The fourth-order valence-electron chi connectivity index (χ4n) is 3.96. The van der Waals surface area contributed by atoms with Gasteiger partial charge in [0.15, 0.2) is 5.76 Å². The number of furan rings is 1. The van der Waals surface area contributed by atoms with Gasteiger partial charge >= 0.3 is 0 Å². The van der Waals surface area contributed by atoms with E-state index in [9.17, 15) is 9.18 Å². The summed E-state index contributed by atoms with van der Waals surface area (Å²) in [5.74, 6) is 1.58. The van der Waals surface area contributed by atoms with Crippen LogP contribution in [0.4, 0.5) is 4.39 Å². The average Bonchev–Trinajstić information content (AvgIpc) is 3.46. The van der Waals surface area contributed by atoms with Gasteiger partial charge in [-0.05, 0) is 60.4 Å². The molecule has 162 valence electrons. The van der Waals surface area contributed by atoms with E-state index in [1.807, 2.05) is 41.3 Å². The van der Waals surface area contributed by atoms with Gasteiger partial charge in [-0.2, -0.15) is 0 Å². The Morgan fingerprint density at radius 1 is 1.00 bits per heavy atom. The highest BCUT2D eigenvalue weighted by atomic mass is 19.1. The Morgan fingerprint density at radius 2 is 1.71 bits per heavy atom. The lowest BCUT2D eigenvalue weighted by Crippen LogP contribution is -2.27. The van der Waals surface area contributed by atoms with Crippen LogP contribution < -0.4 is 4.74 Å². The highest BCUT2D eigenvalue weighted by Crippen LogP contribution is 2.21. The Morgan fingerprint density at radius 3 is 2.42 bits per heavy atom. The van der Waals surface area contributed by atoms with Crippen LogP contribution in [-0.2, 0) is 19.6 Å². The smallest absolute Gasteiger partial charge is 0.289 e. The summed E-state index contributed by atoms with van der Waals surface area (Å²) in [4.78, 5) is 16.6. The number of carbonyl (C=O) groups is 1. The number of rotatable bonds is 8. The van der Waals surface area contributed by atoms with Crippen LogP contribution in [0, 0.1) is 5.82 Å². The van der Waals surface area contributed by atoms with Crippen LogP contribution in [0.5, 0.6) is 5.75 Å². The summed E-state index contributed by atoms with van der Waals surface area (Å²) in [5, 5.41) is 0. The SMILES string of the molecule is COc1cccc(CN(Cc2cccc(F)c2)Cc2ccc(C(=O)N3CCCC3)o2)c1. The molecule has 1 fully saturated rings. The maximum absolute atomic E-state index is 13.7. The first kappa shape index (κ1) is 21.1. The highest BCUT2D eigenvalue weighted by molar-refractivity contribution is 5.91. The zero-order valence-electron chi connectivity index (χ0n) is 17.7. The molecule has 0 atom stereocenters. The van der Waals surface area contributed by atoms with E-state index in [1.54, 1.807) is 25.3 Å². The fourth-order valence-corrected chi connectivity index (χ4v) is 3.96. The Labute approximate surface area is 182 Å². The highest BCUT2D eigenvalue weighted by Gasteiger charge is 2.22. The van der Waals surface area contributed by atoms with Crippen molar-refractivity contribution in [2.75, 3.05) is 20.2 Å². The second-order valence-corrected chi connectivity index (χ2v) is 7.89. The Balaban J connectivity index is 1.51. The quantitative estimate of drug-likeness (QED) is 0.520. The summed E-state index contributed by atoms with van der Waals surface area (Å²) in [7, 11) is 1.64. The summed E-state index contributed by atoms with van der Waals surface area (Å²) in [6.07, 6.45) is 2.09. The molecule has 0 bridgehead atoms. The second-order valence-electron chi connectivity index (χ2n) is 7.89. The van der Waals surface area contributed by atoms with Gasteiger partial charge in [-0.3, -0.25) is 9.69 Å². The Bertz CT molecular complexity index is 1030. The van der Waals surface area contributed by atoms with Gasteiger partial charge in [-0.15, -0.1) is 0 Å². The normalized spacial score (nSPS) is 13.7. The molecule has 1 aromatic heterocycles. The molecule has 4 rings (SSSR count). The molecule has 5 nitrogen and oxygen atoms in total. The van der Waals surface area contributed by atoms with E-state index in [1.165, 1.54) is 6.07 Å². The van der Waals surface area contributed by atoms with Crippen LogP contribution in [0.25, 0.3) is 0 Å². The van der Waals surface area contributed by atoms with Crippen molar-refractivity contribution in [3.05, 3.63) is 89.1 Å². The third-order valence-corrected chi connectivity index (χ3v) is 5.48. The van der Waals surface area contributed by atoms with E-state index < -0.39 is 0 Å². The lowest BCUT2D eigenvalue weighted by atomic mass is 10.1. The van der Waals surface area contributed by atoms with E-state index in [0.717, 1.165) is 42.8 Å². The molecule has 0 aliphatic carbocycles. The minimum Gasteiger partial charge on any atom is -0.497 e. The zero-order valence-corrected chi connectivity index (χ0v) is 17.7. The van der Waals surface area contributed by atoms with Gasteiger partial charge in [-0.1, -0.05) is 24.3 Å². The molecule has 1 amide bonds. The molecule has 0 radical (unpaired) electrons.